The highest BCUT2D eigenvalue weighted by molar-refractivity contribution is 7.10. The number of fused-ring (bicyclic) bond motifs is 1. The van der Waals surface area contributed by atoms with Crippen LogP contribution in [-0.4, -0.2) is 56.5 Å². The second kappa shape index (κ2) is 7.64. The molecule has 0 radical (unpaired) electrons. The number of hydrogen-bond acceptors (Lipinski definition) is 4. The Labute approximate surface area is 166 Å². The van der Waals surface area contributed by atoms with Crippen LogP contribution in [0, 0.1) is 5.92 Å². The van der Waals surface area contributed by atoms with Crippen LogP contribution in [0.2, 0.25) is 0 Å². The fourth-order valence-corrected chi connectivity index (χ4v) is 5.41. The molecule has 0 saturated carbocycles. The zero-order valence-electron chi connectivity index (χ0n) is 16.5. The molecule has 1 fully saturated rings. The first-order valence-electron chi connectivity index (χ1n) is 9.87. The van der Waals surface area contributed by atoms with E-state index in [2.05, 4.69) is 71.6 Å². The molecule has 5 heteroatoms. The zero-order chi connectivity index (χ0) is 19.0. The predicted octanol–water partition coefficient (Wildman–Crippen LogP) is 3.63. The Bertz CT molecular complexity index is 790. The molecule has 2 aliphatic rings. The summed E-state index contributed by atoms with van der Waals surface area (Å²) >= 11 is 1.79. The van der Waals surface area contributed by atoms with E-state index in [4.69, 9.17) is 0 Å². The highest BCUT2D eigenvalue weighted by atomic mass is 32.1. The van der Waals surface area contributed by atoms with Crippen molar-refractivity contribution >= 4 is 22.9 Å². The van der Waals surface area contributed by atoms with Crippen LogP contribution < -0.4 is 4.90 Å². The number of likely N-dealkylation sites (tertiary alicyclic amines) is 1. The Balaban J connectivity index is 1.65. The molecular formula is C22H29N3OS. The molecule has 2 aliphatic heterocycles. The van der Waals surface area contributed by atoms with Gasteiger partial charge < -0.3 is 14.7 Å². The number of amides is 1. The van der Waals surface area contributed by atoms with Gasteiger partial charge in [0.25, 0.3) is 0 Å². The SMILES string of the molecule is CN1CCC(C(=O)N2CCc3ccsc3C2c2ccc(N(C)C)cc2)CC1. The lowest BCUT2D eigenvalue weighted by atomic mass is 9.90. The van der Waals surface area contributed by atoms with E-state index in [1.807, 2.05) is 0 Å². The second-order valence-corrected chi connectivity index (χ2v) is 9.01. The van der Waals surface area contributed by atoms with Crippen LogP contribution in [0.1, 0.15) is 34.9 Å². The van der Waals surface area contributed by atoms with Gasteiger partial charge in [-0.1, -0.05) is 12.1 Å². The number of anilines is 1. The van der Waals surface area contributed by atoms with E-state index < -0.39 is 0 Å². The van der Waals surface area contributed by atoms with Crippen LogP contribution >= 0.6 is 11.3 Å². The number of carbonyl (C=O) groups excluding carboxylic acids is 1. The second-order valence-electron chi connectivity index (χ2n) is 8.06. The van der Waals surface area contributed by atoms with Crippen molar-refractivity contribution in [2.45, 2.75) is 25.3 Å². The lowest BCUT2D eigenvalue weighted by Gasteiger charge is -2.39. The third-order valence-corrected chi connectivity index (χ3v) is 7.05. The summed E-state index contributed by atoms with van der Waals surface area (Å²) < 4.78 is 0. The van der Waals surface area contributed by atoms with Gasteiger partial charge in [-0.3, -0.25) is 4.79 Å². The molecule has 0 aliphatic carbocycles. The van der Waals surface area contributed by atoms with E-state index in [9.17, 15) is 4.79 Å². The smallest absolute Gasteiger partial charge is 0.226 e. The number of nitrogens with zero attached hydrogens (tertiary/aromatic N) is 3. The lowest BCUT2D eigenvalue weighted by Crippen LogP contribution is -2.45. The molecule has 1 atom stereocenters. The minimum absolute atomic E-state index is 0.0668. The maximum absolute atomic E-state index is 13.5. The topological polar surface area (TPSA) is 26.8 Å². The van der Waals surface area contributed by atoms with Gasteiger partial charge >= 0.3 is 0 Å². The molecule has 4 rings (SSSR count). The van der Waals surface area contributed by atoms with Gasteiger partial charge in [0.2, 0.25) is 5.91 Å². The number of hydrogen-bond donors (Lipinski definition) is 0. The van der Waals surface area contributed by atoms with Crippen molar-refractivity contribution in [1.29, 1.82) is 0 Å². The van der Waals surface area contributed by atoms with Crippen molar-refractivity contribution in [1.82, 2.24) is 9.80 Å². The summed E-state index contributed by atoms with van der Waals surface area (Å²) in [7, 11) is 6.26. The highest BCUT2D eigenvalue weighted by Crippen LogP contribution is 2.40. The summed E-state index contributed by atoms with van der Waals surface area (Å²) in [5.74, 6) is 0.523. The van der Waals surface area contributed by atoms with E-state index in [1.54, 1.807) is 11.3 Å². The molecule has 1 aromatic carbocycles. The van der Waals surface area contributed by atoms with Gasteiger partial charge in [-0.2, -0.15) is 0 Å². The van der Waals surface area contributed by atoms with Gasteiger partial charge in [-0.15, -0.1) is 11.3 Å². The number of rotatable bonds is 3. The molecule has 3 heterocycles. The summed E-state index contributed by atoms with van der Waals surface area (Å²) in [6, 6.07) is 11.0. The molecule has 0 N–H and O–H groups in total. The first-order valence-corrected chi connectivity index (χ1v) is 10.7. The van der Waals surface area contributed by atoms with E-state index in [0.717, 1.165) is 38.9 Å². The van der Waals surface area contributed by atoms with Crippen molar-refractivity contribution in [2.24, 2.45) is 5.92 Å². The van der Waals surface area contributed by atoms with Crippen molar-refractivity contribution in [3.05, 3.63) is 51.7 Å². The minimum atomic E-state index is 0.0668. The molecular weight excluding hydrogens is 354 g/mol. The first kappa shape index (κ1) is 18.5. The van der Waals surface area contributed by atoms with Crippen molar-refractivity contribution < 1.29 is 4.79 Å². The largest absolute Gasteiger partial charge is 0.378 e. The Morgan fingerprint density at radius 2 is 1.78 bits per heavy atom. The molecule has 27 heavy (non-hydrogen) atoms. The van der Waals surface area contributed by atoms with Gasteiger partial charge in [0.1, 0.15) is 0 Å². The van der Waals surface area contributed by atoms with Gasteiger partial charge in [0.15, 0.2) is 0 Å². The van der Waals surface area contributed by atoms with E-state index in [-0.39, 0.29) is 12.0 Å². The van der Waals surface area contributed by atoms with Crippen molar-refractivity contribution in [2.75, 3.05) is 45.7 Å². The van der Waals surface area contributed by atoms with Gasteiger partial charge in [-0.25, -0.2) is 0 Å². The molecule has 2 aromatic rings. The molecule has 1 saturated heterocycles. The summed E-state index contributed by atoms with van der Waals surface area (Å²) in [5, 5.41) is 2.18. The maximum atomic E-state index is 13.5. The van der Waals surface area contributed by atoms with Crippen LogP contribution in [0.4, 0.5) is 5.69 Å². The quantitative estimate of drug-likeness (QED) is 0.810. The Morgan fingerprint density at radius 1 is 1.07 bits per heavy atom. The summed E-state index contributed by atoms with van der Waals surface area (Å²) in [6.07, 6.45) is 2.94. The average Bonchev–Trinajstić information content (AvgIpc) is 3.16. The van der Waals surface area contributed by atoms with E-state index in [1.165, 1.54) is 21.7 Å². The summed E-state index contributed by atoms with van der Waals surface area (Å²) in [4.78, 5) is 21.4. The third kappa shape index (κ3) is 3.63. The van der Waals surface area contributed by atoms with Crippen LogP contribution in [0.25, 0.3) is 0 Å². The van der Waals surface area contributed by atoms with E-state index >= 15 is 0 Å². The third-order valence-electron chi connectivity index (χ3n) is 6.04. The molecule has 144 valence electrons. The predicted molar refractivity (Wildman–Crippen MR) is 113 cm³/mol. The van der Waals surface area contributed by atoms with Crippen molar-refractivity contribution in [3.63, 3.8) is 0 Å². The van der Waals surface area contributed by atoms with Crippen LogP contribution in [0.5, 0.6) is 0 Å². The van der Waals surface area contributed by atoms with Gasteiger partial charge in [0, 0.05) is 37.1 Å². The normalized spacial score (nSPS) is 21.1. The van der Waals surface area contributed by atoms with Crippen LogP contribution in [-0.2, 0) is 11.2 Å². The van der Waals surface area contributed by atoms with Gasteiger partial charge in [-0.05, 0) is 74.1 Å². The molecule has 1 aromatic heterocycles. The number of carbonyl (C=O) groups is 1. The zero-order valence-corrected chi connectivity index (χ0v) is 17.3. The molecule has 0 spiro atoms. The standard InChI is InChI=1S/C22H29N3OS/c1-23(2)19-6-4-16(5-7-19)20-21-17(11-15-27-21)10-14-25(20)22(26)18-8-12-24(3)13-9-18/h4-7,11,15,18,20H,8-10,12-14H2,1-3H3. The number of thiophene rings is 1. The van der Waals surface area contributed by atoms with Crippen LogP contribution in [0.15, 0.2) is 35.7 Å². The molecule has 4 nitrogen and oxygen atoms in total. The Morgan fingerprint density at radius 3 is 2.44 bits per heavy atom. The monoisotopic (exact) mass is 383 g/mol. The summed E-state index contributed by atoms with van der Waals surface area (Å²) in [5.41, 5.74) is 3.83. The first-order chi connectivity index (χ1) is 13.0. The molecule has 1 unspecified atom stereocenters. The molecule has 1 amide bonds. The van der Waals surface area contributed by atoms with E-state index in [0.29, 0.717) is 5.91 Å². The Kier molecular flexibility index (Phi) is 5.24. The fourth-order valence-electron chi connectivity index (χ4n) is 4.32. The summed E-state index contributed by atoms with van der Waals surface area (Å²) in [6.45, 7) is 2.88. The Hall–Kier alpha value is -1.85. The van der Waals surface area contributed by atoms with Crippen LogP contribution in [0.3, 0.4) is 0 Å². The van der Waals surface area contributed by atoms with Gasteiger partial charge in [0.05, 0.1) is 6.04 Å². The maximum Gasteiger partial charge on any atom is 0.226 e. The van der Waals surface area contributed by atoms with Crippen molar-refractivity contribution in [3.8, 4) is 0 Å². The molecule has 0 bridgehead atoms. The average molecular weight is 384 g/mol. The fraction of sp³-hybridized carbons (Fsp3) is 0.500. The highest BCUT2D eigenvalue weighted by Gasteiger charge is 2.36. The lowest BCUT2D eigenvalue weighted by molar-refractivity contribution is -0.139. The number of piperidine rings is 1. The minimum Gasteiger partial charge on any atom is -0.378 e. The number of benzene rings is 1.